The Morgan fingerprint density at radius 2 is 2.12 bits per heavy atom. The van der Waals surface area contributed by atoms with Gasteiger partial charge in [0.15, 0.2) is 5.82 Å². The lowest BCUT2D eigenvalue weighted by atomic mass is 10.2. The summed E-state index contributed by atoms with van der Waals surface area (Å²) in [5.74, 6) is 1.86. The fraction of sp³-hybridized carbons (Fsp3) is 0.421. The van der Waals surface area contributed by atoms with Crippen LogP contribution >= 0.6 is 11.3 Å². The van der Waals surface area contributed by atoms with Crippen molar-refractivity contribution in [3.63, 3.8) is 0 Å². The summed E-state index contributed by atoms with van der Waals surface area (Å²) in [5.41, 5.74) is 4.30. The molecule has 7 heteroatoms. The Labute approximate surface area is 156 Å². The van der Waals surface area contributed by atoms with E-state index in [4.69, 9.17) is 9.51 Å². The zero-order chi connectivity index (χ0) is 18.3. The van der Waals surface area contributed by atoms with Gasteiger partial charge in [0.1, 0.15) is 5.76 Å². The van der Waals surface area contributed by atoms with E-state index in [-0.39, 0.29) is 5.91 Å². The molecule has 0 bridgehead atoms. The third-order valence-electron chi connectivity index (χ3n) is 4.87. The molecule has 0 saturated carbocycles. The standard InChI is InChI=1S/C19H22N4O2S/c1-12-9-15(14(3)23(12)17-10-13(2)25-21-17)16-11-26-18(20-16)6-8-22-7-4-5-19(22)24/h9-11H,4-8H2,1-3H3. The van der Waals surface area contributed by atoms with Crippen molar-refractivity contribution in [2.24, 2.45) is 0 Å². The van der Waals surface area contributed by atoms with Gasteiger partial charge in [0.05, 0.1) is 10.7 Å². The van der Waals surface area contributed by atoms with Crippen LogP contribution in [0.3, 0.4) is 0 Å². The van der Waals surface area contributed by atoms with Crippen LogP contribution in [0, 0.1) is 20.8 Å². The maximum atomic E-state index is 11.7. The van der Waals surface area contributed by atoms with Crippen LogP contribution in [0.2, 0.25) is 0 Å². The van der Waals surface area contributed by atoms with Gasteiger partial charge in [0, 0.05) is 54.3 Å². The van der Waals surface area contributed by atoms with Crippen molar-refractivity contribution in [1.82, 2.24) is 19.6 Å². The zero-order valence-electron chi connectivity index (χ0n) is 15.3. The van der Waals surface area contributed by atoms with Gasteiger partial charge in [-0.25, -0.2) is 4.98 Å². The van der Waals surface area contributed by atoms with E-state index in [0.29, 0.717) is 6.42 Å². The Balaban J connectivity index is 1.55. The molecule has 0 radical (unpaired) electrons. The lowest BCUT2D eigenvalue weighted by Crippen LogP contribution is -2.26. The number of carbonyl (C=O) groups is 1. The Morgan fingerprint density at radius 1 is 1.27 bits per heavy atom. The summed E-state index contributed by atoms with van der Waals surface area (Å²) in [7, 11) is 0. The van der Waals surface area contributed by atoms with Crippen LogP contribution in [-0.4, -0.2) is 38.6 Å². The molecule has 0 N–H and O–H groups in total. The first-order chi connectivity index (χ1) is 12.5. The van der Waals surface area contributed by atoms with Gasteiger partial charge in [0.2, 0.25) is 5.91 Å². The predicted octanol–water partition coefficient (Wildman–Crippen LogP) is 3.68. The first-order valence-corrected chi connectivity index (χ1v) is 9.76. The monoisotopic (exact) mass is 370 g/mol. The van der Waals surface area contributed by atoms with Crippen molar-refractivity contribution in [2.45, 2.75) is 40.0 Å². The highest BCUT2D eigenvalue weighted by Crippen LogP contribution is 2.30. The van der Waals surface area contributed by atoms with Crippen LogP contribution in [0.25, 0.3) is 17.1 Å². The summed E-state index contributed by atoms with van der Waals surface area (Å²) in [6.45, 7) is 7.68. The van der Waals surface area contributed by atoms with Crippen molar-refractivity contribution in [3.05, 3.63) is 39.7 Å². The van der Waals surface area contributed by atoms with E-state index >= 15 is 0 Å². The second-order valence-electron chi connectivity index (χ2n) is 6.78. The fourth-order valence-corrected chi connectivity index (χ4v) is 4.34. The number of likely N-dealkylation sites (tertiary alicyclic amines) is 1. The highest BCUT2D eigenvalue weighted by Gasteiger charge is 2.20. The molecule has 4 rings (SSSR count). The molecule has 1 aliphatic rings. The number of hydrogen-bond donors (Lipinski definition) is 0. The average Bonchev–Trinajstić information content (AvgIpc) is 3.36. The minimum absolute atomic E-state index is 0.272. The zero-order valence-corrected chi connectivity index (χ0v) is 16.1. The molecule has 1 amide bonds. The van der Waals surface area contributed by atoms with Gasteiger partial charge >= 0.3 is 0 Å². The molecule has 1 saturated heterocycles. The molecule has 26 heavy (non-hydrogen) atoms. The maximum absolute atomic E-state index is 11.7. The van der Waals surface area contributed by atoms with Crippen molar-refractivity contribution < 1.29 is 9.32 Å². The van der Waals surface area contributed by atoms with E-state index in [2.05, 4.69) is 35.0 Å². The topological polar surface area (TPSA) is 64.2 Å². The van der Waals surface area contributed by atoms with E-state index in [1.807, 2.05) is 17.9 Å². The van der Waals surface area contributed by atoms with Crippen molar-refractivity contribution in [2.75, 3.05) is 13.1 Å². The second kappa shape index (κ2) is 6.72. The summed E-state index contributed by atoms with van der Waals surface area (Å²) >= 11 is 1.66. The van der Waals surface area contributed by atoms with Gasteiger partial charge < -0.3 is 9.42 Å². The number of amides is 1. The van der Waals surface area contributed by atoms with Crippen molar-refractivity contribution in [1.29, 1.82) is 0 Å². The van der Waals surface area contributed by atoms with Gasteiger partial charge in [0.25, 0.3) is 0 Å². The summed E-state index contributed by atoms with van der Waals surface area (Å²) in [5, 5.41) is 7.30. The van der Waals surface area contributed by atoms with Crippen LogP contribution < -0.4 is 0 Å². The summed E-state index contributed by atoms with van der Waals surface area (Å²) in [6, 6.07) is 4.07. The fourth-order valence-electron chi connectivity index (χ4n) is 3.55. The summed E-state index contributed by atoms with van der Waals surface area (Å²) in [6.07, 6.45) is 2.49. The number of rotatable bonds is 5. The molecule has 6 nitrogen and oxygen atoms in total. The minimum atomic E-state index is 0.272. The highest BCUT2D eigenvalue weighted by atomic mass is 32.1. The van der Waals surface area contributed by atoms with Gasteiger partial charge in [-0.1, -0.05) is 5.16 Å². The Kier molecular flexibility index (Phi) is 4.40. The lowest BCUT2D eigenvalue weighted by molar-refractivity contribution is -0.127. The molecule has 0 unspecified atom stereocenters. The van der Waals surface area contributed by atoms with E-state index in [1.165, 1.54) is 0 Å². The quantitative estimate of drug-likeness (QED) is 0.687. The van der Waals surface area contributed by atoms with E-state index in [0.717, 1.165) is 65.2 Å². The Hall–Kier alpha value is -2.41. The molecular weight excluding hydrogens is 348 g/mol. The molecule has 3 aromatic rings. The second-order valence-corrected chi connectivity index (χ2v) is 7.72. The molecule has 3 aromatic heterocycles. The lowest BCUT2D eigenvalue weighted by Gasteiger charge is -2.13. The van der Waals surface area contributed by atoms with Gasteiger partial charge in [-0.3, -0.25) is 9.36 Å². The third-order valence-corrected chi connectivity index (χ3v) is 5.78. The molecular formula is C19H22N4O2S. The van der Waals surface area contributed by atoms with Gasteiger partial charge in [-0.15, -0.1) is 11.3 Å². The van der Waals surface area contributed by atoms with Gasteiger partial charge in [-0.05, 0) is 33.3 Å². The average molecular weight is 370 g/mol. The van der Waals surface area contributed by atoms with Crippen LogP contribution in [0.4, 0.5) is 0 Å². The van der Waals surface area contributed by atoms with Crippen molar-refractivity contribution >= 4 is 17.2 Å². The minimum Gasteiger partial charge on any atom is -0.360 e. The highest BCUT2D eigenvalue weighted by molar-refractivity contribution is 7.09. The Bertz CT molecular complexity index is 953. The van der Waals surface area contributed by atoms with Crippen molar-refractivity contribution in [3.8, 4) is 17.1 Å². The van der Waals surface area contributed by atoms with E-state index in [1.54, 1.807) is 11.3 Å². The molecule has 0 atom stereocenters. The Morgan fingerprint density at radius 3 is 2.81 bits per heavy atom. The number of hydrogen-bond acceptors (Lipinski definition) is 5. The largest absolute Gasteiger partial charge is 0.360 e. The SMILES string of the molecule is Cc1cc(-n2c(C)cc(-c3csc(CCN4CCCC4=O)n3)c2C)no1. The number of carbonyl (C=O) groups excluding carboxylic acids is 1. The van der Waals surface area contributed by atoms with E-state index < -0.39 is 0 Å². The van der Waals surface area contributed by atoms with Crippen LogP contribution in [0.1, 0.15) is 35.0 Å². The first kappa shape index (κ1) is 17.0. The molecule has 136 valence electrons. The number of nitrogens with zero attached hydrogens (tertiary/aromatic N) is 4. The van der Waals surface area contributed by atoms with Crippen LogP contribution in [0.5, 0.6) is 0 Å². The van der Waals surface area contributed by atoms with Crippen LogP contribution in [-0.2, 0) is 11.2 Å². The molecule has 1 aliphatic heterocycles. The molecule has 4 heterocycles. The number of aryl methyl sites for hydroxylation is 2. The molecule has 0 spiro atoms. The third kappa shape index (κ3) is 3.07. The molecule has 0 aromatic carbocycles. The molecule has 1 fully saturated rings. The van der Waals surface area contributed by atoms with E-state index in [9.17, 15) is 4.79 Å². The number of aromatic nitrogens is 3. The number of thiazole rings is 1. The summed E-state index contributed by atoms with van der Waals surface area (Å²) < 4.78 is 7.31. The first-order valence-electron chi connectivity index (χ1n) is 8.88. The smallest absolute Gasteiger partial charge is 0.222 e. The maximum Gasteiger partial charge on any atom is 0.222 e. The van der Waals surface area contributed by atoms with Crippen LogP contribution in [0.15, 0.2) is 22.0 Å². The normalized spacial score (nSPS) is 14.6. The van der Waals surface area contributed by atoms with Gasteiger partial charge in [-0.2, -0.15) is 0 Å². The summed E-state index contributed by atoms with van der Waals surface area (Å²) in [4.78, 5) is 18.5. The predicted molar refractivity (Wildman–Crippen MR) is 101 cm³/mol. The molecule has 0 aliphatic carbocycles.